The molecule has 1 aromatic carbocycles. The first-order valence-corrected chi connectivity index (χ1v) is 6.08. The molecule has 0 saturated carbocycles. The molecule has 0 aliphatic carbocycles. The molecule has 94 valence electrons. The van der Waals surface area contributed by atoms with Crippen molar-refractivity contribution in [1.29, 1.82) is 0 Å². The van der Waals surface area contributed by atoms with Crippen LogP contribution in [0.15, 0.2) is 29.2 Å². The van der Waals surface area contributed by atoms with E-state index in [9.17, 15) is 4.79 Å². The van der Waals surface area contributed by atoms with Crippen molar-refractivity contribution in [2.75, 3.05) is 0 Å². The maximum atomic E-state index is 11.8. The lowest BCUT2D eigenvalue weighted by Crippen LogP contribution is -2.24. The van der Waals surface area contributed by atoms with Crippen molar-refractivity contribution in [3.8, 4) is 0 Å². The SMILES string of the molecule is Cc1cc(C)c(Cn2ccc(C)nc2=O)c(C)c1. The predicted octanol–water partition coefficient (Wildman–Crippen LogP) is 2.53. The molecule has 3 heteroatoms. The lowest BCUT2D eigenvalue weighted by atomic mass is 10.00. The van der Waals surface area contributed by atoms with E-state index < -0.39 is 0 Å². The number of nitrogens with zero attached hydrogens (tertiary/aromatic N) is 2. The van der Waals surface area contributed by atoms with Crippen LogP contribution in [-0.2, 0) is 6.54 Å². The van der Waals surface area contributed by atoms with Gasteiger partial charge in [0, 0.05) is 11.9 Å². The highest BCUT2D eigenvalue weighted by Crippen LogP contribution is 2.16. The highest BCUT2D eigenvalue weighted by molar-refractivity contribution is 5.37. The summed E-state index contributed by atoms with van der Waals surface area (Å²) in [6, 6.07) is 6.16. The number of rotatable bonds is 2. The van der Waals surface area contributed by atoms with E-state index in [4.69, 9.17) is 0 Å². The summed E-state index contributed by atoms with van der Waals surface area (Å²) in [6.07, 6.45) is 1.81. The highest BCUT2D eigenvalue weighted by Gasteiger charge is 2.06. The zero-order valence-electron chi connectivity index (χ0n) is 11.3. The normalized spacial score (nSPS) is 10.7. The molecule has 2 rings (SSSR count). The van der Waals surface area contributed by atoms with E-state index in [0.29, 0.717) is 6.54 Å². The molecule has 0 amide bonds. The van der Waals surface area contributed by atoms with Crippen LogP contribution in [0.25, 0.3) is 0 Å². The van der Waals surface area contributed by atoms with Crippen LogP contribution in [0.5, 0.6) is 0 Å². The molecule has 0 unspecified atom stereocenters. The zero-order valence-corrected chi connectivity index (χ0v) is 11.3. The molecular formula is C15H18N2O. The topological polar surface area (TPSA) is 34.9 Å². The Morgan fingerprint density at radius 1 is 1.11 bits per heavy atom. The van der Waals surface area contributed by atoms with E-state index in [2.05, 4.69) is 37.9 Å². The molecule has 0 spiro atoms. The Morgan fingerprint density at radius 2 is 1.72 bits per heavy atom. The third kappa shape index (κ3) is 2.50. The van der Waals surface area contributed by atoms with Crippen molar-refractivity contribution in [3.63, 3.8) is 0 Å². The molecule has 0 fully saturated rings. The van der Waals surface area contributed by atoms with Crippen molar-refractivity contribution >= 4 is 0 Å². The van der Waals surface area contributed by atoms with Crippen LogP contribution < -0.4 is 5.69 Å². The quantitative estimate of drug-likeness (QED) is 0.811. The molecule has 0 atom stereocenters. The second-order valence-corrected chi connectivity index (χ2v) is 4.86. The molecule has 3 nitrogen and oxygen atoms in total. The summed E-state index contributed by atoms with van der Waals surface area (Å²) >= 11 is 0. The van der Waals surface area contributed by atoms with Gasteiger partial charge >= 0.3 is 5.69 Å². The average Bonchev–Trinajstić information content (AvgIpc) is 2.25. The second-order valence-electron chi connectivity index (χ2n) is 4.86. The fourth-order valence-electron chi connectivity index (χ4n) is 2.26. The van der Waals surface area contributed by atoms with Crippen molar-refractivity contribution < 1.29 is 0 Å². The van der Waals surface area contributed by atoms with Gasteiger partial charge in [-0.1, -0.05) is 17.7 Å². The van der Waals surface area contributed by atoms with E-state index in [-0.39, 0.29) is 5.69 Å². The van der Waals surface area contributed by atoms with Crippen LogP contribution in [-0.4, -0.2) is 9.55 Å². The Balaban J connectivity index is 2.43. The van der Waals surface area contributed by atoms with Gasteiger partial charge in [0.1, 0.15) is 0 Å². The van der Waals surface area contributed by atoms with Gasteiger partial charge in [-0.25, -0.2) is 4.79 Å². The molecule has 0 radical (unpaired) electrons. The van der Waals surface area contributed by atoms with Crippen LogP contribution in [0.1, 0.15) is 27.9 Å². The van der Waals surface area contributed by atoms with E-state index in [1.54, 1.807) is 4.57 Å². The molecule has 0 bridgehead atoms. The smallest absolute Gasteiger partial charge is 0.295 e. The molecule has 0 aliphatic rings. The zero-order chi connectivity index (χ0) is 13.3. The van der Waals surface area contributed by atoms with E-state index in [1.807, 2.05) is 19.2 Å². The lowest BCUT2D eigenvalue weighted by molar-refractivity contribution is 0.714. The lowest BCUT2D eigenvalue weighted by Gasteiger charge is -2.12. The summed E-state index contributed by atoms with van der Waals surface area (Å²) in [5.74, 6) is 0. The van der Waals surface area contributed by atoms with Gasteiger partial charge in [0.05, 0.1) is 6.54 Å². The van der Waals surface area contributed by atoms with Gasteiger partial charge in [-0.2, -0.15) is 4.98 Å². The molecule has 0 N–H and O–H groups in total. The van der Waals surface area contributed by atoms with Crippen molar-refractivity contribution in [3.05, 3.63) is 62.8 Å². The van der Waals surface area contributed by atoms with Gasteiger partial charge in [0.15, 0.2) is 0 Å². The van der Waals surface area contributed by atoms with Gasteiger partial charge < -0.3 is 0 Å². The van der Waals surface area contributed by atoms with Gasteiger partial charge in [0.2, 0.25) is 0 Å². The summed E-state index contributed by atoms with van der Waals surface area (Å²) in [5, 5.41) is 0. The van der Waals surface area contributed by atoms with E-state index in [0.717, 1.165) is 5.69 Å². The van der Waals surface area contributed by atoms with Crippen molar-refractivity contribution in [1.82, 2.24) is 9.55 Å². The standard InChI is InChI=1S/C15H18N2O/c1-10-7-11(2)14(12(3)8-10)9-17-6-5-13(4)16-15(17)18/h5-8H,9H2,1-4H3. The Kier molecular flexibility index (Phi) is 3.32. The molecule has 1 heterocycles. The molecule has 18 heavy (non-hydrogen) atoms. The minimum Gasteiger partial charge on any atom is -0.295 e. The summed E-state index contributed by atoms with van der Waals surface area (Å²) in [7, 11) is 0. The molecule has 0 aliphatic heterocycles. The third-order valence-electron chi connectivity index (χ3n) is 3.18. The third-order valence-corrected chi connectivity index (χ3v) is 3.18. The maximum Gasteiger partial charge on any atom is 0.348 e. The number of aromatic nitrogens is 2. The molecule has 1 aromatic heterocycles. The Morgan fingerprint density at radius 3 is 2.28 bits per heavy atom. The second kappa shape index (κ2) is 4.77. The van der Waals surface area contributed by atoms with Crippen LogP contribution in [0.4, 0.5) is 0 Å². The first kappa shape index (κ1) is 12.6. The largest absolute Gasteiger partial charge is 0.348 e. The van der Waals surface area contributed by atoms with Gasteiger partial charge in [-0.05, 0) is 50.5 Å². The summed E-state index contributed by atoms with van der Waals surface area (Å²) < 4.78 is 1.65. The molecule has 2 aromatic rings. The Bertz CT molecular complexity index is 618. The molecule has 0 saturated heterocycles. The number of hydrogen-bond donors (Lipinski definition) is 0. The fourth-order valence-corrected chi connectivity index (χ4v) is 2.26. The maximum absolute atomic E-state index is 11.8. The van der Waals surface area contributed by atoms with Gasteiger partial charge in [-0.15, -0.1) is 0 Å². The summed E-state index contributed by atoms with van der Waals surface area (Å²) in [4.78, 5) is 15.7. The summed E-state index contributed by atoms with van der Waals surface area (Å²) in [5.41, 5.74) is 5.47. The minimum absolute atomic E-state index is 0.186. The monoisotopic (exact) mass is 242 g/mol. The first-order chi connectivity index (χ1) is 8.47. The summed E-state index contributed by atoms with van der Waals surface area (Å²) in [6.45, 7) is 8.67. The first-order valence-electron chi connectivity index (χ1n) is 6.08. The average molecular weight is 242 g/mol. The number of aryl methyl sites for hydroxylation is 4. The van der Waals surface area contributed by atoms with Crippen molar-refractivity contribution in [2.24, 2.45) is 0 Å². The number of hydrogen-bond acceptors (Lipinski definition) is 2. The Hall–Kier alpha value is -1.90. The highest BCUT2D eigenvalue weighted by atomic mass is 16.1. The van der Waals surface area contributed by atoms with Crippen molar-refractivity contribution in [2.45, 2.75) is 34.2 Å². The number of benzene rings is 1. The minimum atomic E-state index is -0.186. The van der Waals surface area contributed by atoms with Crippen LogP contribution in [0.3, 0.4) is 0 Å². The van der Waals surface area contributed by atoms with Crippen LogP contribution in [0, 0.1) is 27.7 Å². The van der Waals surface area contributed by atoms with Gasteiger partial charge in [0.25, 0.3) is 0 Å². The predicted molar refractivity (Wildman–Crippen MR) is 73.0 cm³/mol. The van der Waals surface area contributed by atoms with E-state index in [1.165, 1.54) is 22.3 Å². The van der Waals surface area contributed by atoms with Gasteiger partial charge in [-0.3, -0.25) is 4.57 Å². The molecular weight excluding hydrogens is 224 g/mol. The van der Waals surface area contributed by atoms with Crippen LogP contribution in [0.2, 0.25) is 0 Å². The van der Waals surface area contributed by atoms with E-state index >= 15 is 0 Å². The fraction of sp³-hybridized carbons (Fsp3) is 0.333. The van der Waals surface area contributed by atoms with Crippen LogP contribution >= 0.6 is 0 Å². The Labute approximate surface area is 107 Å².